The van der Waals surface area contributed by atoms with Crippen molar-refractivity contribution in [3.8, 4) is 0 Å². The molecule has 1 unspecified atom stereocenters. The number of aryl methyl sites for hydroxylation is 1. The van der Waals surface area contributed by atoms with Crippen LogP contribution in [0.25, 0.3) is 0 Å². The Labute approximate surface area is 131 Å². The van der Waals surface area contributed by atoms with Crippen molar-refractivity contribution in [3.05, 3.63) is 22.7 Å². The highest BCUT2D eigenvalue weighted by atomic mass is 16.5. The summed E-state index contributed by atoms with van der Waals surface area (Å²) in [4.78, 5) is 20.5. The van der Waals surface area contributed by atoms with E-state index in [-0.39, 0.29) is 17.2 Å². The van der Waals surface area contributed by atoms with Crippen LogP contribution in [0.4, 0.5) is 5.82 Å². The highest BCUT2D eigenvalue weighted by molar-refractivity contribution is 5.34. The summed E-state index contributed by atoms with van der Waals surface area (Å²) in [5, 5.41) is 0. The third-order valence-corrected chi connectivity index (χ3v) is 3.69. The number of ether oxygens (including phenoxy) is 1. The summed E-state index contributed by atoms with van der Waals surface area (Å²) in [5.41, 5.74) is 5.78. The largest absolute Gasteiger partial charge is 0.374 e. The lowest BCUT2D eigenvalue weighted by molar-refractivity contribution is -0.0283. The molecule has 7 heteroatoms. The summed E-state index contributed by atoms with van der Waals surface area (Å²) in [6, 6.07) is 0. The fourth-order valence-electron chi connectivity index (χ4n) is 2.75. The molecule has 1 aromatic heterocycles. The molecule has 0 bridgehead atoms. The molecule has 0 radical (unpaired) electrons. The van der Waals surface area contributed by atoms with E-state index in [1.807, 2.05) is 25.8 Å². The number of nitrogens with zero attached hydrogens (tertiary/aromatic N) is 4. The maximum atomic E-state index is 12.1. The van der Waals surface area contributed by atoms with E-state index < -0.39 is 0 Å². The zero-order chi connectivity index (χ0) is 16.3. The molecule has 2 N–H and O–H groups in total. The molecule has 0 amide bonds. The van der Waals surface area contributed by atoms with Gasteiger partial charge in [0.2, 0.25) is 0 Å². The Hall–Kier alpha value is -1.44. The van der Waals surface area contributed by atoms with Gasteiger partial charge in [-0.25, -0.2) is 4.98 Å². The minimum absolute atomic E-state index is 0.0489. The minimum Gasteiger partial charge on any atom is -0.374 e. The number of hydrogen-bond donors (Lipinski definition) is 1. The maximum absolute atomic E-state index is 12.1. The SMILES string of the molecule is CN(CC1CN(CC(C)(C)N)CCO1)c1nccn(C)c1=O. The second-order valence-corrected chi connectivity index (χ2v) is 6.76. The van der Waals surface area contributed by atoms with E-state index >= 15 is 0 Å². The first-order chi connectivity index (χ1) is 10.3. The van der Waals surface area contributed by atoms with Gasteiger partial charge in [-0.2, -0.15) is 0 Å². The summed E-state index contributed by atoms with van der Waals surface area (Å²) >= 11 is 0. The van der Waals surface area contributed by atoms with E-state index in [0.717, 1.165) is 19.6 Å². The number of rotatable bonds is 5. The van der Waals surface area contributed by atoms with Crippen molar-refractivity contribution in [2.75, 3.05) is 44.7 Å². The molecule has 0 aliphatic carbocycles. The van der Waals surface area contributed by atoms with Gasteiger partial charge in [-0.15, -0.1) is 0 Å². The Morgan fingerprint density at radius 3 is 2.95 bits per heavy atom. The van der Waals surface area contributed by atoms with Crippen LogP contribution in [0.15, 0.2) is 17.2 Å². The summed E-state index contributed by atoms with van der Waals surface area (Å²) in [6.07, 6.45) is 3.34. The molecule has 124 valence electrons. The molecule has 0 saturated carbocycles. The van der Waals surface area contributed by atoms with Gasteiger partial charge in [-0.05, 0) is 13.8 Å². The van der Waals surface area contributed by atoms with Crippen molar-refractivity contribution in [1.82, 2.24) is 14.5 Å². The average Bonchev–Trinajstić information content (AvgIpc) is 2.40. The molecule has 1 aliphatic heterocycles. The molecule has 1 aromatic rings. The van der Waals surface area contributed by atoms with Crippen LogP contribution >= 0.6 is 0 Å². The normalized spacial score (nSPS) is 20.1. The second-order valence-electron chi connectivity index (χ2n) is 6.76. The number of hydrogen-bond acceptors (Lipinski definition) is 6. The van der Waals surface area contributed by atoms with Gasteiger partial charge in [-0.1, -0.05) is 0 Å². The van der Waals surface area contributed by atoms with Crippen molar-refractivity contribution in [2.24, 2.45) is 12.8 Å². The summed E-state index contributed by atoms with van der Waals surface area (Å²) < 4.78 is 7.36. The summed E-state index contributed by atoms with van der Waals surface area (Å²) in [7, 11) is 3.60. The molecular formula is C15H27N5O2. The predicted octanol–water partition coefficient (Wildman–Crippen LogP) is -0.345. The Morgan fingerprint density at radius 2 is 2.27 bits per heavy atom. The molecule has 1 saturated heterocycles. The average molecular weight is 309 g/mol. The van der Waals surface area contributed by atoms with Crippen LogP contribution in [0.1, 0.15) is 13.8 Å². The number of anilines is 1. The van der Waals surface area contributed by atoms with Gasteiger partial charge in [0.25, 0.3) is 5.56 Å². The Morgan fingerprint density at radius 1 is 1.55 bits per heavy atom. The second kappa shape index (κ2) is 6.76. The Kier molecular flexibility index (Phi) is 5.20. The van der Waals surface area contributed by atoms with Crippen LogP contribution in [0, 0.1) is 0 Å². The highest BCUT2D eigenvalue weighted by Gasteiger charge is 2.26. The van der Waals surface area contributed by atoms with E-state index in [0.29, 0.717) is 19.0 Å². The zero-order valence-corrected chi connectivity index (χ0v) is 14.0. The summed E-state index contributed by atoms with van der Waals surface area (Å²) in [5.74, 6) is 0.449. The first-order valence-corrected chi connectivity index (χ1v) is 7.62. The molecule has 1 atom stereocenters. The van der Waals surface area contributed by atoms with E-state index in [4.69, 9.17) is 10.5 Å². The molecular weight excluding hydrogens is 282 g/mol. The lowest BCUT2D eigenvalue weighted by Crippen LogP contribution is -2.53. The monoisotopic (exact) mass is 309 g/mol. The van der Waals surface area contributed by atoms with Crippen molar-refractivity contribution in [2.45, 2.75) is 25.5 Å². The quantitative estimate of drug-likeness (QED) is 0.801. The zero-order valence-electron chi connectivity index (χ0n) is 14.0. The molecule has 0 aromatic carbocycles. The number of nitrogens with two attached hydrogens (primary N) is 1. The van der Waals surface area contributed by atoms with Gasteiger partial charge >= 0.3 is 0 Å². The van der Waals surface area contributed by atoms with Gasteiger partial charge in [-0.3, -0.25) is 9.69 Å². The molecule has 0 spiro atoms. The molecule has 1 aliphatic rings. The topological polar surface area (TPSA) is 76.6 Å². The predicted molar refractivity (Wildman–Crippen MR) is 87.2 cm³/mol. The van der Waals surface area contributed by atoms with Crippen LogP contribution in [0.3, 0.4) is 0 Å². The van der Waals surface area contributed by atoms with Crippen LogP contribution in [0.5, 0.6) is 0 Å². The van der Waals surface area contributed by atoms with Gasteiger partial charge < -0.3 is 19.9 Å². The number of aromatic nitrogens is 2. The smallest absolute Gasteiger partial charge is 0.293 e. The summed E-state index contributed by atoms with van der Waals surface area (Å²) in [6.45, 7) is 7.93. The Balaban J connectivity index is 1.98. The third-order valence-electron chi connectivity index (χ3n) is 3.69. The fraction of sp³-hybridized carbons (Fsp3) is 0.733. The Bertz CT molecular complexity index is 552. The van der Waals surface area contributed by atoms with Gasteiger partial charge in [0.1, 0.15) is 0 Å². The van der Waals surface area contributed by atoms with Gasteiger partial charge in [0.15, 0.2) is 5.82 Å². The minimum atomic E-state index is -0.218. The first-order valence-electron chi connectivity index (χ1n) is 7.62. The lowest BCUT2D eigenvalue weighted by atomic mass is 10.1. The lowest BCUT2D eigenvalue weighted by Gasteiger charge is -2.37. The van der Waals surface area contributed by atoms with Gasteiger partial charge in [0.05, 0.1) is 12.7 Å². The number of morpholine rings is 1. The van der Waals surface area contributed by atoms with E-state index in [9.17, 15) is 4.79 Å². The van der Waals surface area contributed by atoms with Crippen molar-refractivity contribution in [3.63, 3.8) is 0 Å². The molecule has 7 nitrogen and oxygen atoms in total. The van der Waals surface area contributed by atoms with Crippen molar-refractivity contribution < 1.29 is 4.74 Å². The standard InChI is InChI=1S/C15H27N5O2/c1-15(2,16)11-20-7-8-22-12(10-20)9-19(4)13-14(21)18(3)6-5-17-13/h5-6,12H,7-11,16H2,1-4H3. The highest BCUT2D eigenvalue weighted by Crippen LogP contribution is 2.11. The van der Waals surface area contributed by atoms with E-state index in [2.05, 4.69) is 9.88 Å². The number of likely N-dealkylation sites (N-methyl/N-ethyl adjacent to an activating group) is 1. The molecule has 2 heterocycles. The van der Waals surface area contributed by atoms with Crippen molar-refractivity contribution in [1.29, 1.82) is 0 Å². The van der Waals surface area contributed by atoms with Crippen LogP contribution in [-0.2, 0) is 11.8 Å². The fourth-order valence-corrected chi connectivity index (χ4v) is 2.75. The first kappa shape index (κ1) is 16.9. The van der Waals surface area contributed by atoms with Crippen LogP contribution < -0.4 is 16.2 Å². The van der Waals surface area contributed by atoms with Crippen molar-refractivity contribution >= 4 is 5.82 Å². The molecule has 1 fully saturated rings. The third kappa shape index (κ3) is 4.53. The molecule has 22 heavy (non-hydrogen) atoms. The van der Waals surface area contributed by atoms with Crippen LogP contribution in [-0.4, -0.2) is 65.9 Å². The van der Waals surface area contributed by atoms with E-state index in [1.165, 1.54) is 4.57 Å². The van der Waals surface area contributed by atoms with Gasteiger partial charge in [0, 0.05) is 58.2 Å². The molecule has 2 rings (SSSR count). The maximum Gasteiger partial charge on any atom is 0.293 e. The van der Waals surface area contributed by atoms with Crippen LogP contribution in [0.2, 0.25) is 0 Å². The van der Waals surface area contributed by atoms with E-state index in [1.54, 1.807) is 19.4 Å².